The standard InChI is InChI=1S/C15H19ClN2/c1-12-10-13(16)6-7-14(12)15(11-17)18-8-4-2-3-5-9-18/h6-7,10,15H,2-5,8-9H2,1H3. The molecule has 0 spiro atoms. The Hall–Kier alpha value is -1.04. The highest BCUT2D eigenvalue weighted by atomic mass is 35.5. The van der Waals surface area contributed by atoms with E-state index in [1.54, 1.807) is 0 Å². The first-order chi connectivity index (χ1) is 8.72. The van der Waals surface area contributed by atoms with Crippen molar-refractivity contribution in [3.8, 4) is 6.07 Å². The maximum Gasteiger partial charge on any atom is 0.124 e. The fourth-order valence-corrected chi connectivity index (χ4v) is 2.87. The van der Waals surface area contributed by atoms with Crippen molar-refractivity contribution in [1.82, 2.24) is 4.90 Å². The molecule has 0 aromatic heterocycles. The summed E-state index contributed by atoms with van der Waals surface area (Å²) >= 11 is 5.98. The van der Waals surface area contributed by atoms with Crippen molar-refractivity contribution >= 4 is 11.6 Å². The Morgan fingerprint density at radius 3 is 2.44 bits per heavy atom. The van der Waals surface area contributed by atoms with E-state index in [9.17, 15) is 5.26 Å². The molecule has 0 radical (unpaired) electrons. The predicted molar refractivity (Wildman–Crippen MR) is 74.6 cm³/mol. The molecule has 1 saturated heterocycles. The molecule has 1 aliphatic heterocycles. The third-order valence-electron chi connectivity index (χ3n) is 3.65. The Bertz CT molecular complexity index is 442. The predicted octanol–water partition coefficient (Wildman–Crippen LogP) is 4.09. The number of hydrogen-bond donors (Lipinski definition) is 0. The van der Waals surface area contributed by atoms with Crippen molar-refractivity contribution in [2.45, 2.75) is 38.6 Å². The van der Waals surface area contributed by atoms with Gasteiger partial charge in [0.2, 0.25) is 0 Å². The van der Waals surface area contributed by atoms with Crippen LogP contribution in [0.4, 0.5) is 0 Å². The number of halogens is 1. The molecule has 0 amide bonds. The number of aryl methyl sites for hydroxylation is 1. The maximum absolute atomic E-state index is 9.49. The van der Waals surface area contributed by atoms with E-state index >= 15 is 0 Å². The molecular formula is C15H19ClN2. The van der Waals surface area contributed by atoms with E-state index in [2.05, 4.69) is 11.0 Å². The van der Waals surface area contributed by atoms with Crippen molar-refractivity contribution in [1.29, 1.82) is 5.26 Å². The van der Waals surface area contributed by atoms with Gasteiger partial charge in [-0.15, -0.1) is 0 Å². The normalized spacial score (nSPS) is 18.9. The van der Waals surface area contributed by atoms with Crippen LogP contribution in [-0.2, 0) is 0 Å². The quantitative estimate of drug-likeness (QED) is 0.803. The summed E-state index contributed by atoms with van der Waals surface area (Å²) in [6.45, 7) is 4.09. The molecule has 18 heavy (non-hydrogen) atoms. The third kappa shape index (κ3) is 3.04. The highest BCUT2D eigenvalue weighted by molar-refractivity contribution is 6.30. The van der Waals surface area contributed by atoms with E-state index in [4.69, 9.17) is 11.6 Å². The Morgan fingerprint density at radius 2 is 1.89 bits per heavy atom. The van der Waals surface area contributed by atoms with Crippen LogP contribution in [0.25, 0.3) is 0 Å². The van der Waals surface area contributed by atoms with Gasteiger partial charge in [0.05, 0.1) is 6.07 Å². The molecule has 1 unspecified atom stereocenters. The van der Waals surface area contributed by atoms with Crippen molar-refractivity contribution < 1.29 is 0 Å². The van der Waals surface area contributed by atoms with Crippen molar-refractivity contribution in [2.24, 2.45) is 0 Å². The molecule has 1 aliphatic rings. The lowest BCUT2D eigenvalue weighted by molar-refractivity contribution is 0.245. The van der Waals surface area contributed by atoms with Crippen molar-refractivity contribution in [3.63, 3.8) is 0 Å². The average molecular weight is 263 g/mol. The van der Waals surface area contributed by atoms with Gasteiger partial charge < -0.3 is 0 Å². The van der Waals surface area contributed by atoms with Gasteiger partial charge in [-0.3, -0.25) is 4.90 Å². The van der Waals surface area contributed by atoms with Crippen LogP contribution in [0, 0.1) is 18.3 Å². The molecule has 2 rings (SSSR count). The summed E-state index contributed by atoms with van der Waals surface area (Å²) in [4.78, 5) is 2.31. The second kappa shape index (κ2) is 6.22. The van der Waals surface area contributed by atoms with Crippen LogP contribution in [0.5, 0.6) is 0 Å². The molecule has 3 heteroatoms. The molecule has 0 bridgehead atoms. The van der Waals surface area contributed by atoms with E-state index in [1.807, 2.05) is 25.1 Å². The van der Waals surface area contributed by atoms with Gasteiger partial charge in [0.25, 0.3) is 0 Å². The first-order valence-corrected chi connectivity index (χ1v) is 7.00. The minimum absolute atomic E-state index is 0.125. The minimum atomic E-state index is -0.125. The van der Waals surface area contributed by atoms with Gasteiger partial charge in [0.1, 0.15) is 6.04 Å². The van der Waals surface area contributed by atoms with E-state index in [-0.39, 0.29) is 6.04 Å². The van der Waals surface area contributed by atoms with Crippen LogP contribution in [0.1, 0.15) is 42.9 Å². The van der Waals surface area contributed by atoms with Gasteiger partial charge in [0, 0.05) is 5.02 Å². The number of nitrogens with zero attached hydrogens (tertiary/aromatic N) is 2. The molecule has 1 aromatic carbocycles. The maximum atomic E-state index is 9.49. The summed E-state index contributed by atoms with van der Waals surface area (Å²) < 4.78 is 0. The van der Waals surface area contributed by atoms with Gasteiger partial charge in [-0.2, -0.15) is 5.26 Å². The zero-order valence-corrected chi connectivity index (χ0v) is 11.6. The lowest BCUT2D eigenvalue weighted by Gasteiger charge is -2.26. The summed E-state index contributed by atoms with van der Waals surface area (Å²) in [7, 11) is 0. The second-order valence-electron chi connectivity index (χ2n) is 4.98. The number of benzene rings is 1. The Labute approximate surface area is 114 Å². The molecule has 1 atom stereocenters. The zero-order chi connectivity index (χ0) is 13.0. The van der Waals surface area contributed by atoms with Crippen LogP contribution in [0.3, 0.4) is 0 Å². The van der Waals surface area contributed by atoms with E-state index in [1.165, 1.54) is 25.7 Å². The molecule has 96 valence electrons. The zero-order valence-electron chi connectivity index (χ0n) is 10.8. The topological polar surface area (TPSA) is 27.0 Å². The minimum Gasteiger partial charge on any atom is -0.284 e. The highest BCUT2D eigenvalue weighted by Gasteiger charge is 2.22. The van der Waals surface area contributed by atoms with Crippen molar-refractivity contribution in [3.05, 3.63) is 34.3 Å². The number of hydrogen-bond acceptors (Lipinski definition) is 2. The molecule has 1 aromatic rings. The van der Waals surface area contributed by atoms with Crippen LogP contribution in [0.15, 0.2) is 18.2 Å². The Balaban J connectivity index is 2.24. The van der Waals surface area contributed by atoms with Crippen LogP contribution in [-0.4, -0.2) is 18.0 Å². The smallest absolute Gasteiger partial charge is 0.124 e. The fourth-order valence-electron chi connectivity index (χ4n) is 2.65. The first-order valence-electron chi connectivity index (χ1n) is 6.62. The summed E-state index contributed by atoms with van der Waals surface area (Å²) in [6, 6.07) is 8.16. The van der Waals surface area contributed by atoms with E-state index in [0.717, 1.165) is 29.2 Å². The van der Waals surface area contributed by atoms with Gasteiger partial charge in [-0.05, 0) is 56.1 Å². The summed E-state index contributed by atoms with van der Waals surface area (Å²) in [5.41, 5.74) is 2.21. The lowest BCUT2D eigenvalue weighted by atomic mass is 10.0. The molecule has 2 nitrogen and oxygen atoms in total. The number of nitriles is 1. The van der Waals surface area contributed by atoms with Crippen LogP contribution < -0.4 is 0 Å². The Kier molecular flexibility index (Phi) is 4.63. The lowest BCUT2D eigenvalue weighted by Crippen LogP contribution is -2.29. The van der Waals surface area contributed by atoms with Gasteiger partial charge >= 0.3 is 0 Å². The van der Waals surface area contributed by atoms with Gasteiger partial charge in [0.15, 0.2) is 0 Å². The third-order valence-corrected chi connectivity index (χ3v) is 3.89. The largest absolute Gasteiger partial charge is 0.284 e. The van der Waals surface area contributed by atoms with E-state index < -0.39 is 0 Å². The first kappa shape index (κ1) is 13.4. The SMILES string of the molecule is Cc1cc(Cl)ccc1C(C#N)N1CCCCCC1. The molecule has 1 heterocycles. The van der Waals surface area contributed by atoms with Gasteiger partial charge in [-0.1, -0.05) is 30.5 Å². The molecule has 0 saturated carbocycles. The average Bonchev–Trinajstić information content (AvgIpc) is 2.62. The highest BCUT2D eigenvalue weighted by Crippen LogP contribution is 2.27. The van der Waals surface area contributed by atoms with Crippen LogP contribution in [0.2, 0.25) is 5.02 Å². The molecular weight excluding hydrogens is 244 g/mol. The summed E-state index contributed by atoms with van der Waals surface area (Å²) in [5.74, 6) is 0. The van der Waals surface area contributed by atoms with Crippen LogP contribution >= 0.6 is 11.6 Å². The monoisotopic (exact) mass is 262 g/mol. The number of rotatable bonds is 2. The van der Waals surface area contributed by atoms with Crippen molar-refractivity contribution in [2.75, 3.05) is 13.1 Å². The Morgan fingerprint density at radius 1 is 1.22 bits per heavy atom. The molecule has 0 N–H and O–H groups in total. The molecule has 0 aliphatic carbocycles. The summed E-state index contributed by atoms with van der Waals surface area (Å²) in [5, 5.41) is 10.2. The fraction of sp³-hybridized carbons (Fsp3) is 0.533. The van der Waals surface area contributed by atoms with E-state index in [0.29, 0.717) is 0 Å². The van der Waals surface area contributed by atoms with Gasteiger partial charge in [-0.25, -0.2) is 0 Å². The second-order valence-corrected chi connectivity index (χ2v) is 5.42. The summed E-state index contributed by atoms with van der Waals surface area (Å²) in [6.07, 6.45) is 4.97. The number of likely N-dealkylation sites (tertiary alicyclic amines) is 1. The molecule has 1 fully saturated rings.